The highest BCUT2D eigenvalue weighted by Crippen LogP contribution is 2.29. The van der Waals surface area contributed by atoms with Crippen molar-refractivity contribution in [1.82, 2.24) is 19.6 Å². The van der Waals surface area contributed by atoms with Crippen LogP contribution in [-0.2, 0) is 0 Å². The van der Waals surface area contributed by atoms with Crippen molar-refractivity contribution in [3.63, 3.8) is 0 Å². The second kappa shape index (κ2) is 30.8. The summed E-state index contributed by atoms with van der Waals surface area (Å²) >= 11 is 19.1. The summed E-state index contributed by atoms with van der Waals surface area (Å²) in [6.07, 6.45) is -11.3. The van der Waals surface area contributed by atoms with Gasteiger partial charge in [-0.1, -0.05) is 32.8 Å². The van der Waals surface area contributed by atoms with Crippen molar-refractivity contribution in [2.24, 2.45) is 0 Å². The molecule has 0 spiro atoms. The number of benzene rings is 6. The molecule has 6 N–H and O–H groups in total. The molecule has 6 aliphatic rings. The molecule has 6 aliphatic heterocycles. The van der Waals surface area contributed by atoms with Gasteiger partial charge in [0, 0.05) is 78.5 Å². The quantitative estimate of drug-likeness (QED) is 0.0584. The van der Waals surface area contributed by atoms with Gasteiger partial charge in [-0.3, -0.25) is 19.6 Å². The lowest BCUT2D eigenvalue weighted by molar-refractivity contribution is -0.195. The van der Waals surface area contributed by atoms with Crippen LogP contribution in [0.2, 0.25) is 0 Å². The molecule has 0 amide bonds. The normalized spacial score (nSPS) is 17.3. The first-order valence-electron chi connectivity index (χ1n) is 25.1. The molecule has 0 aliphatic carbocycles. The molecule has 4 bridgehead atoms. The number of piperazine rings is 6. The molecule has 0 saturated carbocycles. The summed E-state index contributed by atoms with van der Waals surface area (Å²) in [5, 5.41) is 0.389. The van der Waals surface area contributed by atoms with Gasteiger partial charge in [-0.15, -0.1) is 46.4 Å². The van der Waals surface area contributed by atoms with Gasteiger partial charge in [0.2, 0.25) is 0 Å². The van der Waals surface area contributed by atoms with Crippen molar-refractivity contribution in [2.75, 3.05) is 89.2 Å². The predicted molar refractivity (Wildman–Crippen MR) is 271 cm³/mol. The van der Waals surface area contributed by atoms with E-state index in [0.29, 0.717) is 0 Å². The Kier molecular flexibility index (Phi) is 25.8. The third kappa shape index (κ3) is 14.0. The maximum atomic E-state index is 14.6. The Morgan fingerprint density at radius 2 is 0.250 bits per heavy atom. The van der Waals surface area contributed by atoms with Crippen LogP contribution in [0, 0.1) is 175 Å². The van der Waals surface area contributed by atoms with Crippen LogP contribution in [-0.4, -0.2) is 121 Å². The van der Waals surface area contributed by atoms with Gasteiger partial charge in [0.05, 0.1) is 10.7 Å². The largest absolute Gasteiger partial charge is 0.536 e. The van der Waals surface area contributed by atoms with E-state index in [2.05, 4.69) is 30.9 Å². The van der Waals surface area contributed by atoms with E-state index in [1.54, 1.807) is 0 Å². The van der Waals surface area contributed by atoms with E-state index in [1.807, 2.05) is 0 Å². The summed E-state index contributed by atoms with van der Waals surface area (Å²) in [6.45, 7) is 15.8. The van der Waals surface area contributed by atoms with Gasteiger partial charge in [-0.05, 0) is 0 Å². The average Bonchev–Trinajstić information content (AvgIpc) is 0.714. The molecule has 6 saturated heterocycles. The average molecular weight is 1450 g/mol. The van der Waals surface area contributed by atoms with E-state index < -0.39 is 220 Å². The van der Waals surface area contributed by atoms with Gasteiger partial charge in [0.15, 0.2) is 105 Å². The summed E-state index contributed by atoms with van der Waals surface area (Å²) in [6, 6.07) is 0. The molecule has 6 nitrogen and oxygen atoms in total. The third-order valence-corrected chi connectivity index (χ3v) is 14.8. The Bertz CT molecular complexity index is 2990. The molecule has 6 aromatic rings. The van der Waals surface area contributed by atoms with Crippen LogP contribution in [0.1, 0.15) is 0 Å². The monoisotopic (exact) mass is 1450 g/mol. The number of rotatable bonds is 6. The zero-order chi connectivity index (χ0) is 70.0. The van der Waals surface area contributed by atoms with Crippen LogP contribution >= 0.6 is 46.4 Å². The Labute approximate surface area is 516 Å². The first-order chi connectivity index (χ1) is 42.8. The number of alkyl halides is 4. The van der Waals surface area contributed by atoms with Crippen molar-refractivity contribution in [3.8, 4) is 0 Å². The third-order valence-electron chi connectivity index (χ3n) is 14.8. The summed E-state index contributed by atoms with van der Waals surface area (Å²) < 4.78 is 422. The zero-order valence-electron chi connectivity index (χ0n) is 45.1. The minimum absolute atomic E-state index is 0.194. The van der Waals surface area contributed by atoms with Crippen molar-refractivity contribution < 1.29 is 143 Å². The van der Waals surface area contributed by atoms with Crippen LogP contribution < -0.4 is 44.1 Å². The Morgan fingerprint density at radius 3 is 0.315 bits per heavy atom. The van der Waals surface area contributed by atoms with Crippen LogP contribution in [0.25, 0.3) is 0 Å². The number of nitrogens with zero attached hydrogens (tertiary/aromatic N) is 4. The lowest BCUT2D eigenvalue weighted by Crippen LogP contribution is -2.97. The van der Waals surface area contributed by atoms with E-state index in [0.717, 1.165) is 0 Å². The molecular weight excluding hydrogens is 1420 g/mol. The fraction of sp³-hybridized carbons (Fsp3) is 0.280. The minimum atomic E-state index is -5.66. The fourth-order valence-corrected chi connectivity index (χ4v) is 10.2. The second-order valence-corrected chi connectivity index (χ2v) is 21.2. The van der Waals surface area contributed by atoms with Crippen LogP contribution in [0.5, 0.6) is 0 Å². The van der Waals surface area contributed by atoms with Crippen LogP contribution in [0.15, 0.2) is 0 Å². The van der Waals surface area contributed by atoms with Gasteiger partial charge in [0.25, 0.3) is 0 Å². The van der Waals surface area contributed by atoms with E-state index in [4.69, 9.17) is 46.4 Å². The van der Waals surface area contributed by atoms with Crippen LogP contribution in [0.3, 0.4) is 0 Å². The Hall–Kier alpha value is -5.73. The zero-order valence-corrected chi connectivity index (χ0v) is 48.1. The number of hydrogen-bond acceptors (Lipinski definition) is 4. The molecule has 6 heterocycles. The number of fused-ring (bicyclic) bond motifs is 6. The number of hydrogen-bond donors (Lipinski definition) is 2. The molecule has 0 radical (unpaired) electrons. The van der Waals surface area contributed by atoms with Crippen LogP contribution in [0.4, 0.5) is 132 Å². The molecule has 0 unspecified atom stereocenters. The van der Waals surface area contributed by atoms with Gasteiger partial charge >= 0.3 is 12.6 Å². The topological polar surface area (TPSA) is 68.2 Å². The van der Waals surface area contributed by atoms with E-state index in [9.17, 15) is 132 Å². The van der Waals surface area contributed by atoms with Gasteiger partial charge in [-0.2, -0.15) is 0 Å². The Morgan fingerprint density at radius 1 is 0.185 bits per heavy atom. The summed E-state index contributed by atoms with van der Waals surface area (Å²) in [5.41, 5.74) is -11.4. The van der Waals surface area contributed by atoms with Crippen molar-refractivity contribution in [1.29, 1.82) is 0 Å². The molecule has 0 aromatic heterocycles. The smallest absolute Gasteiger partial charge is 0.304 e. The standard InChI is InChI=1S/2C18H3BF15N.2C6H12N2.2CH2Cl2/c2*20-4-1(5(21)11(27)16(32)10(4)26)19(35,2-6(22)12(28)17(33)13(29)7(2)23)3-8(24)14(30)18(34)15(31)9(3)25;2*1-2-8-5-3-7(1)4-6-8;2*2-1-3/h2*35H3;2*1-6H2;2*1H2. The van der Waals surface area contributed by atoms with Crippen molar-refractivity contribution in [2.45, 2.75) is 0 Å². The minimum Gasteiger partial charge on any atom is -0.536 e. The maximum Gasteiger partial charge on any atom is 0.304 e. The molecule has 92 heavy (non-hydrogen) atoms. The van der Waals surface area contributed by atoms with E-state index >= 15 is 0 Å². The molecule has 508 valence electrons. The van der Waals surface area contributed by atoms with Gasteiger partial charge < -0.3 is 11.3 Å². The SMILES string of the molecule is C1CN2CCN1CC2.C1CN2CCN1CC2.ClCCl.ClCCl.[NH3+][B-](c1c(F)c(F)c(F)c(F)c1F)(c1c(F)c(F)c(F)c(F)c1F)c1c(F)c(F)c(F)c(F)c1F.[NH3+][B-](c1c(F)c(F)c(F)c(F)c1F)(c1c(F)c(F)c(F)c(F)c1F)c1c(F)c(F)c(F)c(F)c1F. The summed E-state index contributed by atoms with van der Waals surface area (Å²) in [4.78, 5) is 10.2. The second-order valence-electron chi connectivity index (χ2n) is 19.6. The summed E-state index contributed by atoms with van der Waals surface area (Å²) in [5.74, 6) is -91.5. The highest BCUT2D eigenvalue weighted by atomic mass is 35.5. The van der Waals surface area contributed by atoms with Crippen molar-refractivity contribution in [3.05, 3.63) is 175 Å². The molecule has 42 heteroatoms. The highest BCUT2D eigenvalue weighted by Gasteiger charge is 2.53. The first kappa shape index (κ1) is 77.0. The fourth-order valence-electron chi connectivity index (χ4n) is 10.2. The van der Waals surface area contributed by atoms with Gasteiger partial charge in [-0.25, -0.2) is 132 Å². The van der Waals surface area contributed by atoms with E-state index in [-0.39, 0.29) is 10.7 Å². The van der Waals surface area contributed by atoms with E-state index in [1.165, 1.54) is 78.5 Å². The molecule has 6 aromatic carbocycles. The molecule has 12 rings (SSSR count). The Balaban J connectivity index is 0.000000249. The van der Waals surface area contributed by atoms with Gasteiger partial charge in [0.1, 0.15) is 69.8 Å². The molecule has 0 atom stereocenters. The molecular formula is C50H34B2Cl4F30N6. The maximum absolute atomic E-state index is 14.6. The lowest BCUT2D eigenvalue weighted by Gasteiger charge is -2.41. The highest BCUT2D eigenvalue weighted by molar-refractivity contribution is 7.05. The van der Waals surface area contributed by atoms with Crippen molar-refractivity contribution >= 4 is 91.7 Å². The first-order valence-corrected chi connectivity index (χ1v) is 27.2. The molecule has 6 fully saturated rings. The number of quaternary nitrogens is 2. The summed E-state index contributed by atoms with van der Waals surface area (Å²) in [7, 11) is 0. The lowest BCUT2D eigenvalue weighted by atomic mass is 9.24. The predicted octanol–water partition coefficient (Wildman–Crippen LogP) is 8.04. The number of halogens is 34.